The predicted molar refractivity (Wildman–Crippen MR) is 71.9 cm³/mol. The van der Waals surface area contributed by atoms with Crippen LogP contribution in [0.2, 0.25) is 0 Å². The number of anilines is 2. The summed E-state index contributed by atoms with van der Waals surface area (Å²) in [7, 11) is 0. The van der Waals surface area contributed by atoms with Crippen molar-refractivity contribution in [3.8, 4) is 0 Å². The number of nitrogens with two attached hydrogens (primary N) is 1. The molecule has 0 aliphatic carbocycles. The van der Waals surface area contributed by atoms with Crippen LogP contribution in [-0.2, 0) is 6.54 Å². The zero-order valence-electron chi connectivity index (χ0n) is 10.7. The van der Waals surface area contributed by atoms with Gasteiger partial charge in [-0.05, 0) is 25.1 Å². The molecule has 1 heterocycles. The summed E-state index contributed by atoms with van der Waals surface area (Å²) in [6, 6.07) is 3.87. The van der Waals surface area contributed by atoms with Crippen molar-refractivity contribution in [1.29, 1.82) is 0 Å². The number of nitrogen functional groups attached to an aromatic ring is 1. The van der Waals surface area contributed by atoms with Crippen molar-refractivity contribution in [2.24, 2.45) is 0 Å². The number of aryl methyl sites for hydroxylation is 1. The number of halogens is 1. The Morgan fingerprint density at radius 3 is 2.90 bits per heavy atom. The second kappa shape index (κ2) is 5.52. The quantitative estimate of drug-likeness (QED) is 0.736. The molecule has 0 saturated heterocycles. The molecule has 0 saturated carbocycles. The normalized spacial score (nSPS) is 10.3. The van der Waals surface area contributed by atoms with Crippen molar-refractivity contribution in [1.82, 2.24) is 9.97 Å². The first kappa shape index (κ1) is 13.7. The molecule has 0 atom stereocenters. The molecule has 7 heteroatoms. The van der Waals surface area contributed by atoms with Gasteiger partial charge in [0, 0.05) is 6.20 Å². The lowest BCUT2D eigenvalue weighted by Gasteiger charge is -2.10. The Balaban J connectivity index is 2.18. The van der Waals surface area contributed by atoms with Crippen LogP contribution >= 0.6 is 0 Å². The van der Waals surface area contributed by atoms with Crippen molar-refractivity contribution < 1.29 is 14.3 Å². The number of nitrogens with zero attached hydrogens (tertiary/aromatic N) is 2. The van der Waals surface area contributed by atoms with E-state index in [9.17, 15) is 9.18 Å². The average molecular weight is 276 g/mol. The zero-order valence-corrected chi connectivity index (χ0v) is 10.7. The van der Waals surface area contributed by atoms with Crippen LogP contribution in [0.25, 0.3) is 0 Å². The van der Waals surface area contributed by atoms with E-state index in [2.05, 4.69) is 15.3 Å². The molecule has 2 aromatic rings. The van der Waals surface area contributed by atoms with E-state index in [1.165, 1.54) is 0 Å². The fourth-order valence-electron chi connectivity index (χ4n) is 1.70. The second-order valence-electron chi connectivity index (χ2n) is 4.17. The first-order valence-electron chi connectivity index (χ1n) is 5.82. The first-order valence-corrected chi connectivity index (χ1v) is 5.82. The molecule has 4 N–H and O–H groups in total. The lowest BCUT2D eigenvalue weighted by Crippen LogP contribution is -2.08. The highest BCUT2D eigenvalue weighted by atomic mass is 19.1. The van der Waals surface area contributed by atoms with Crippen LogP contribution in [0.3, 0.4) is 0 Å². The van der Waals surface area contributed by atoms with E-state index in [1.54, 1.807) is 19.2 Å². The third-order valence-corrected chi connectivity index (χ3v) is 2.66. The number of hydrogen-bond acceptors (Lipinski definition) is 5. The summed E-state index contributed by atoms with van der Waals surface area (Å²) in [5, 5.41) is 11.7. The highest BCUT2D eigenvalue weighted by Crippen LogP contribution is 2.23. The maximum Gasteiger partial charge on any atom is 0.338 e. The Kier molecular flexibility index (Phi) is 3.79. The molecule has 1 aromatic heterocycles. The van der Waals surface area contributed by atoms with Gasteiger partial charge in [0.2, 0.25) is 0 Å². The lowest BCUT2D eigenvalue weighted by molar-refractivity contribution is 0.0692. The summed E-state index contributed by atoms with van der Waals surface area (Å²) in [5.74, 6) is -1.56. The SMILES string of the molecule is Cc1nccc(CNc2cc(F)c(C(=O)O)cc2N)n1. The number of rotatable bonds is 4. The van der Waals surface area contributed by atoms with Crippen LogP contribution < -0.4 is 11.1 Å². The number of carboxylic acids is 1. The van der Waals surface area contributed by atoms with E-state index >= 15 is 0 Å². The van der Waals surface area contributed by atoms with Gasteiger partial charge in [-0.25, -0.2) is 19.2 Å². The van der Waals surface area contributed by atoms with Gasteiger partial charge in [0.05, 0.1) is 29.2 Å². The van der Waals surface area contributed by atoms with Crippen molar-refractivity contribution >= 4 is 17.3 Å². The van der Waals surface area contributed by atoms with Crippen LogP contribution in [0.1, 0.15) is 21.9 Å². The van der Waals surface area contributed by atoms with Crippen molar-refractivity contribution in [2.45, 2.75) is 13.5 Å². The smallest absolute Gasteiger partial charge is 0.338 e. The van der Waals surface area contributed by atoms with Gasteiger partial charge in [-0.2, -0.15) is 0 Å². The highest BCUT2D eigenvalue weighted by Gasteiger charge is 2.13. The number of hydrogen-bond donors (Lipinski definition) is 3. The Labute approximate surface area is 114 Å². The van der Waals surface area contributed by atoms with Crippen molar-refractivity contribution in [3.63, 3.8) is 0 Å². The minimum atomic E-state index is -1.35. The number of carbonyl (C=O) groups is 1. The van der Waals surface area contributed by atoms with E-state index in [0.29, 0.717) is 18.1 Å². The number of carboxylic acid groups (broad SMARTS) is 1. The Hall–Kier alpha value is -2.70. The minimum absolute atomic E-state index is 0.162. The van der Waals surface area contributed by atoms with Crippen LogP contribution in [0.4, 0.5) is 15.8 Å². The summed E-state index contributed by atoms with van der Waals surface area (Å²) in [6.45, 7) is 2.10. The van der Waals surface area contributed by atoms with Gasteiger partial charge in [-0.15, -0.1) is 0 Å². The summed E-state index contributed by atoms with van der Waals surface area (Å²) >= 11 is 0. The van der Waals surface area contributed by atoms with Crippen LogP contribution in [-0.4, -0.2) is 21.0 Å². The molecule has 104 valence electrons. The van der Waals surface area contributed by atoms with Gasteiger partial charge in [-0.1, -0.05) is 0 Å². The fourth-order valence-corrected chi connectivity index (χ4v) is 1.70. The van der Waals surface area contributed by atoms with E-state index in [-0.39, 0.29) is 5.69 Å². The van der Waals surface area contributed by atoms with Crippen LogP contribution in [0, 0.1) is 12.7 Å². The van der Waals surface area contributed by atoms with Gasteiger partial charge >= 0.3 is 5.97 Å². The molecular formula is C13H13FN4O2. The molecule has 1 aromatic carbocycles. The Morgan fingerprint density at radius 1 is 1.50 bits per heavy atom. The van der Waals surface area contributed by atoms with E-state index in [0.717, 1.165) is 17.8 Å². The number of benzene rings is 1. The number of aromatic nitrogens is 2. The maximum atomic E-state index is 13.6. The first-order chi connectivity index (χ1) is 9.47. The standard InChI is InChI=1S/C13H13FN4O2/c1-7-16-3-2-8(18-7)6-17-12-5-10(14)9(13(19)20)4-11(12)15/h2-5,17H,6,15H2,1H3,(H,19,20). The molecule has 6 nitrogen and oxygen atoms in total. The lowest BCUT2D eigenvalue weighted by atomic mass is 10.1. The van der Waals surface area contributed by atoms with Gasteiger partial charge in [0.1, 0.15) is 11.6 Å². The molecule has 2 rings (SSSR count). The molecule has 0 amide bonds. The van der Waals surface area contributed by atoms with Gasteiger partial charge < -0.3 is 16.2 Å². The average Bonchev–Trinajstić information content (AvgIpc) is 2.39. The van der Waals surface area contributed by atoms with E-state index in [1.807, 2.05) is 0 Å². The number of aromatic carboxylic acids is 1. The maximum absolute atomic E-state index is 13.6. The minimum Gasteiger partial charge on any atom is -0.478 e. The molecule has 0 unspecified atom stereocenters. The molecule has 0 aliphatic heterocycles. The fraction of sp³-hybridized carbons (Fsp3) is 0.154. The van der Waals surface area contributed by atoms with Gasteiger partial charge in [0.15, 0.2) is 0 Å². The van der Waals surface area contributed by atoms with E-state index in [4.69, 9.17) is 10.8 Å². The van der Waals surface area contributed by atoms with Gasteiger partial charge in [0.25, 0.3) is 0 Å². The van der Waals surface area contributed by atoms with Crippen molar-refractivity contribution in [3.05, 3.63) is 47.3 Å². The largest absolute Gasteiger partial charge is 0.478 e. The predicted octanol–water partition coefficient (Wildman–Crippen LogP) is 1.82. The summed E-state index contributed by atoms with van der Waals surface area (Å²) in [4.78, 5) is 18.9. The molecule has 0 bridgehead atoms. The topological polar surface area (TPSA) is 101 Å². The van der Waals surface area contributed by atoms with Crippen LogP contribution in [0.15, 0.2) is 24.4 Å². The molecule has 0 spiro atoms. The third-order valence-electron chi connectivity index (χ3n) is 2.66. The third kappa shape index (κ3) is 3.00. The molecule has 0 fully saturated rings. The molecule has 0 aliphatic rings. The number of nitrogens with one attached hydrogen (secondary N) is 1. The Bertz CT molecular complexity index is 661. The van der Waals surface area contributed by atoms with Crippen molar-refractivity contribution in [2.75, 3.05) is 11.1 Å². The zero-order chi connectivity index (χ0) is 14.7. The highest BCUT2D eigenvalue weighted by molar-refractivity contribution is 5.90. The van der Waals surface area contributed by atoms with Gasteiger partial charge in [-0.3, -0.25) is 0 Å². The monoisotopic (exact) mass is 276 g/mol. The summed E-state index contributed by atoms with van der Waals surface area (Å²) in [5.41, 5.74) is 6.45. The molecule has 0 radical (unpaired) electrons. The Morgan fingerprint density at radius 2 is 2.25 bits per heavy atom. The van der Waals surface area contributed by atoms with E-state index < -0.39 is 17.3 Å². The second-order valence-corrected chi connectivity index (χ2v) is 4.17. The summed E-state index contributed by atoms with van der Waals surface area (Å²) in [6.07, 6.45) is 1.62. The van der Waals surface area contributed by atoms with Crippen LogP contribution in [0.5, 0.6) is 0 Å². The summed E-state index contributed by atoms with van der Waals surface area (Å²) < 4.78 is 13.6. The molecular weight excluding hydrogens is 263 g/mol. The molecule has 20 heavy (non-hydrogen) atoms.